The van der Waals surface area contributed by atoms with Gasteiger partial charge in [0.25, 0.3) is 0 Å². The summed E-state index contributed by atoms with van der Waals surface area (Å²) in [7, 11) is 0. The lowest BCUT2D eigenvalue weighted by atomic mass is 9.88. The van der Waals surface area contributed by atoms with Gasteiger partial charge < -0.3 is 10.0 Å². The molecule has 0 amide bonds. The normalized spacial score (nSPS) is 18.5. The molecule has 3 rings (SSSR count). The van der Waals surface area contributed by atoms with Gasteiger partial charge in [0.2, 0.25) is 0 Å². The molecular weight excluding hydrogens is 294 g/mol. The lowest BCUT2D eigenvalue weighted by molar-refractivity contribution is -0.0203. The van der Waals surface area contributed by atoms with Gasteiger partial charge in [-0.2, -0.15) is 0 Å². The van der Waals surface area contributed by atoms with Gasteiger partial charge in [0.1, 0.15) is 0 Å². The highest BCUT2D eigenvalue weighted by molar-refractivity contribution is 7.09. The van der Waals surface area contributed by atoms with E-state index in [1.165, 1.54) is 5.56 Å². The van der Waals surface area contributed by atoms with Crippen LogP contribution >= 0.6 is 11.3 Å². The van der Waals surface area contributed by atoms with Crippen molar-refractivity contribution in [3.05, 3.63) is 46.2 Å². The molecule has 0 atom stereocenters. The van der Waals surface area contributed by atoms with E-state index in [1.54, 1.807) is 11.3 Å². The van der Waals surface area contributed by atoms with Gasteiger partial charge in [0, 0.05) is 49.5 Å². The van der Waals surface area contributed by atoms with Gasteiger partial charge in [-0.05, 0) is 43.9 Å². The number of piperidine rings is 1. The third-order valence-electron chi connectivity index (χ3n) is 4.40. The monoisotopic (exact) mass is 317 g/mol. The van der Waals surface area contributed by atoms with Crippen LogP contribution in [0.5, 0.6) is 0 Å². The smallest absolute Gasteiger partial charge is 0.0956 e. The molecular formula is C17H23N3OS. The van der Waals surface area contributed by atoms with Crippen LogP contribution in [-0.2, 0) is 12.8 Å². The van der Waals surface area contributed by atoms with E-state index in [0.29, 0.717) is 6.42 Å². The van der Waals surface area contributed by atoms with Crippen molar-refractivity contribution >= 4 is 11.3 Å². The maximum absolute atomic E-state index is 10.8. The van der Waals surface area contributed by atoms with Gasteiger partial charge in [-0.25, -0.2) is 4.98 Å². The standard InChI is InChI=1S/C17H23N3OS/c1-14-13-22-16(19-14)12-17(21)5-10-20(11-6-17)9-4-15-2-7-18-8-3-15/h2-3,7-8,13,21H,4-6,9-12H2,1H3. The van der Waals surface area contributed by atoms with E-state index in [-0.39, 0.29) is 0 Å². The molecule has 4 nitrogen and oxygen atoms in total. The fourth-order valence-corrected chi connectivity index (χ4v) is 3.88. The SMILES string of the molecule is Cc1csc(CC2(O)CCN(CCc3ccncc3)CC2)n1. The van der Waals surface area contributed by atoms with E-state index in [0.717, 1.165) is 49.6 Å². The van der Waals surface area contributed by atoms with E-state index in [9.17, 15) is 5.11 Å². The molecule has 5 heteroatoms. The highest BCUT2D eigenvalue weighted by Crippen LogP contribution is 2.27. The molecule has 1 aliphatic rings. The minimum absolute atomic E-state index is 0.572. The Hall–Kier alpha value is -1.30. The maximum atomic E-state index is 10.8. The first-order chi connectivity index (χ1) is 10.6. The lowest BCUT2D eigenvalue weighted by Crippen LogP contribution is -2.46. The fraction of sp³-hybridized carbons (Fsp3) is 0.529. The minimum Gasteiger partial charge on any atom is -0.389 e. The Labute approximate surface area is 135 Å². The second-order valence-electron chi connectivity index (χ2n) is 6.23. The number of aryl methyl sites for hydroxylation is 1. The van der Waals surface area contributed by atoms with Crippen molar-refractivity contribution in [1.82, 2.24) is 14.9 Å². The van der Waals surface area contributed by atoms with Crippen LogP contribution in [0.15, 0.2) is 29.9 Å². The molecule has 1 N–H and O–H groups in total. The topological polar surface area (TPSA) is 49.2 Å². The van der Waals surface area contributed by atoms with Crippen LogP contribution in [-0.4, -0.2) is 45.2 Å². The Bertz CT molecular complexity index is 591. The predicted octanol–water partition coefficient (Wildman–Crippen LogP) is 2.46. The number of aliphatic hydroxyl groups is 1. The van der Waals surface area contributed by atoms with Crippen LogP contribution in [0.1, 0.15) is 29.1 Å². The second-order valence-corrected chi connectivity index (χ2v) is 7.17. The van der Waals surface area contributed by atoms with Crippen molar-refractivity contribution < 1.29 is 5.11 Å². The number of hydrogen-bond acceptors (Lipinski definition) is 5. The zero-order valence-corrected chi connectivity index (χ0v) is 13.9. The van der Waals surface area contributed by atoms with Crippen molar-refractivity contribution in [2.75, 3.05) is 19.6 Å². The molecule has 0 bridgehead atoms. The summed E-state index contributed by atoms with van der Waals surface area (Å²) in [6.07, 6.45) is 7.11. The van der Waals surface area contributed by atoms with Crippen molar-refractivity contribution in [3.8, 4) is 0 Å². The molecule has 0 aromatic carbocycles. The lowest BCUT2D eigenvalue weighted by Gasteiger charge is -2.37. The number of hydrogen-bond donors (Lipinski definition) is 1. The van der Waals surface area contributed by atoms with Crippen LogP contribution < -0.4 is 0 Å². The van der Waals surface area contributed by atoms with Gasteiger partial charge >= 0.3 is 0 Å². The Balaban J connectivity index is 1.47. The molecule has 1 aliphatic heterocycles. The minimum atomic E-state index is -0.572. The number of rotatable bonds is 5. The maximum Gasteiger partial charge on any atom is 0.0956 e. The zero-order valence-electron chi connectivity index (χ0n) is 13.0. The highest BCUT2D eigenvalue weighted by atomic mass is 32.1. The van der Waals surface area contributed by atoms with Crippen molar-refractivity contribution in [2.24, 2.45) is 0 Å². The molecule has 2 aromatic heterocycles. The van der Waals surface area contributed by atoms with Gasteiger partial charge in [-0.3, -0.25) is 4.98 Å². The van der Waals surface area contributed by atoms with Crippen molar-refractivity contribution in [2.45, 2.75) is 38.2 Å². The van der Waals surface area contributed by atoms with E-state index in [2.05, 4.69) is 32.4 Å². The summed E-state index contributed by atoms with van der Waals surface area (Å²) < 4.78 is 0. The summed E-state index contributed by atoms with van der Waals surface area (Å²) in [4.78, 5) is 11.0. The average molecular weight is 317 g/mol. The van der Waals surface area contributed by atoms with Crippen LogP contribution in [0.2, 0.25) is 0 Å². The summed E-state index contributed by atoms with van der Waals surface area (Å²) in [5.74, 6) is 0. The van der Waals surface area contributed by atoms with Crippen LogP contribution in [0.3, 0.4) is 0 Å². The number of aromatic nitrogens is 2. The first kappa shape index (κ1) is 15.6. The Morgan fingerprint density at radius 3 is 2.64 bits per heavy atom. The summed E-state index contributed by atoms with van der Waals surface area (Å²) >= 11 is 1.66. The molecule has 1 fully saturated rings. The predicted molar refractivity (Wildman–Crippen MR) is 89.1 cm³/mol. The van der Waals surface area contributed by atoms with Gasteiger partial charge in [-0.1, -0.05) is 0 Å². The number of pyridine rings is 1. The number of likely N-dealkylation sites (tertiary alicyclic amines) is 1. The van der Waals surface area contributed by atoms with Gasteiger partial charge in [0.15, 0.2) is 0 Å². The van der Waals surface area contributed by atoms with E-state index in [4.69, 9.17) is 0 Å². The molecule has 2 aromatic rings. The van der Waals surface area contributed by atoms with Crippen LogP contribution in [0.25, 0.3) is 0 Å². The average Bonchev–Trinajstić information content (AvgIpc) is 2.92. The second kappa shape index (κ2) is 6.86. The third-order valence-corrected chi connectivity index (χ3v) is 5.37. The largest absolute Gasteiger partial charge is 0.389 e. The Kier molecular flexibility index (Phi) is 4.86. The molecule has 118 valence electrons. The first-order valence-electron chi connectivity index (χ1n) is 7.88. The summed E-state index contributed by atoms with van der Waals surface area (Å²) in [6.45, 7) is 4.99. The fourth-order valence-electron chi connectivity index (χ4n) is 2.97. The van der Waals surface area contributed by atoms with E-state index < -0.39 is 5.60 Å². The zero-order chi connectivity index (χ0) is 15.4. The summed E-state index contributed by atoms with van der Waals surface area (Å²) in [5.41, 5.74) is 1.81. The number of thiazole rings is 1. The van der Waals surface area contributed by atoms with Crippen LogP contribution in [0.4, 0.5) is 0 Å². The Morgan fingerprint density at radius 2 is 2.00 bits per heavy atom. The van der Waals surface area contributed by atoms with E-state index in [1.807, 2.05) is 19.3 Å². The quantitative estimate of drug-likeness (QED) is 0.920. The Morgan fingerprint density at radius 1 is 1.27 bits per heavy atom. The summed E-state index contributed by atoms with van der Waals surface area (Å²) in [5, 5.41) is 13.9. The molecule has 0 saturated carbocycles. The van der Waals surface area contributed by atoms with Crippen LogP contribution in [0, 0.1) is 6.92 Å². The molecule has 22 heavy (non-hydrogen) atoms. The molecule has 3 heterocycles. The molecule has 0 aliphatic carbocycles. The molecule has 1 saturated heterocycles. The number of nitrogens with zero attached hydrogens (tertiary/aromatic N) is 3. The first-order valence-corrected chi connectivity index (χ1v) is 8.76. The van der Waals surface area contributed by atoms with E-state index >= 15 is 0 Å². The van der Waals surface area contributed by atoms with Gasteiger partial charge in [0.05, 0.1) is 10.6 Å². The third kappa shape index (κ3) is 4.12. The van der Waals surface area contributed by atoms with Crippen molar-refractivity contribution in [1.29, 1.82) is 0 Å². The molecule has 0 unspecified atom stereocenters. The summed E-state index contributed by atoms with van der Waals surface area (Å²) in [6, 6.07) is 4.15. The van der Waals surface area contributed by atoms with Crippen molar-refractivity contribution in [3.63, 3.8) is 0 Å². The molecule has 0 spiro atoms. The highest BCUT2D eigenvalue weighted by Gasteiger charge is 2.33. The molecule has 0 radical (unpaired) electrons. The van der Waals surface area contributed by atoms with Gasteiger partial charge in [-0.15, -0.1) is 11.3 Å².